The number of rotatable bonds is 7. The van der Waals surface area contributed by atoms with Crippen LogP contribution in [0.3, 0.4) is 0 Å². The number of piperidine rings is 1. The molecule has 1 aliphatic heterocycles. The summed E-state index contributed by atoms with van der Waals surface area (Å²) in [6.45, 7) is 3.97. The Balaban J connectivity index is 1.67. The number of benzene rings is 2. The van der Waals surface area contributed by atoms with Crippen LogP contribution in [0.1, 0.15) is 35.7 Å². The number of urea groups is 1. The van der Waals surface area contributed by atoms with Crippen LogP contribution in [0.5, 0.6) is 0 Å². The highest BCUT2D eigenvalue weighted by atomic mass is 16.2. The van der Waals surface area contributed by atoms with E-state index in [-0.39, 0.29) is 23.8 Å². The van der Waals surface area contributed by atoms with Crippen LogP contribution in [0.2, 0.25) is 0 Å². The first-order valence-corrected chi connectivity index (χ1v) is 10.8. The maximum absolute atomic E-state index is 13.1. The Labute approximate surface area is 183 Å². The van der Waals surface area contributed by atoms with Crippen molar-refractivity contribution in [1.82, 2.24) is 20.9 Å². The van der Waals surface area contributed by atoms with E-state index in [0.29, 0.717) is 44.6 Å². The van der Waals surface area contributed by atoms with Gasteiger partial charge in [-0.3, -0.25) is 9.59 Å². The summed E-state index contributed by atoms with van der Waals surface area (Å²) < 4.78 is 0. The molecule has 0 aliphatic carbocycles. The van der Waals surface area contributed by atoms with E-state index in [1.807, 2.05) is 43.3 Å². The fraction of sp³-hybridized carbons (Fsp3) is 0.375. The second kappa shape index (κ2) is 11.2. The minimum absolute atomic E-state index is 0.0471. The summed E-state index contributed by atoms with van der Waals surface area (Å²) in [7, 11) is 0. The molecule has 4 amide bonds. The van der Waals surface area contributed by atoms with Gasteiger partial charge in [-0.1, -0.05) is 48.5 Å². The van der Waals surface area contributed by atoms with Gasteiger partial charge in [0.25, 0.3) is 5.91 Å². The number of hydrogen-bond acceptors (Lipinski definition) is 3. The average Bonchev–Trinajstić information content (AvgIpc) is 2.82. The van der Waals surface area contributed by atoms with Crippen molar-refractivity contribution < 1.29 is 14.4 Å². The molecular formula is C24H30N4O3. The molecule has 1 aliphatic rings. The molecule has 0 bridgehead atoms. The van der Waals surface area contributed by atoms with Crippen molar-refractivity contribution in [3.05, 3.63) is 71.8 Å². The third kappa shape index (κ3) is 6.31. The molecule has 31 heavy (non-hydrogen) atoms. The number of carbonyl (C=O) groups is 3. The predicted octanol–water partition coefficient (Wildman–Crippen LogP) is 2.54. The van der Waals surface area contributed by atoms with Gasteiger partial charge in [0, 0.05) is 31.7 Å². The van der Waals surface area contributed by atoms with Crippen molar-refractivity contribution >= 4 is 17.8 Å². The highest BCUT2D eigenvalue weighted by Crippen LogP contribution is 2.22. The summed E-state index contributed by atoms with van der Waals surface area (Å²) in [6, 6.07) is 17.8. The van der Waals surface area contributed by atoms with Gasteiger partial charge in [0.05, 0.1) is 0 Å². The topological polar surface area (TPSA) is 90.5 Å². The summed E-state index contributed by atoms with van der Waals surface area (Å²) in [6.07, 6.45) is 1.30. The number of nitrogens with one attached hydrogen (secondary N) is 3. The van der Waals surface area contributed by atoms with Crippen LogP contribution in [-0.2, 0) is 11.3 Å². The quantitative estimate of drug-likeness (QED) is 0.641. The molecule has 2 aromatic rings. The first-order chi connectivity index (χ1) is 15.1. The fourth-order valence-electron chi connectivity index (χ4n) is 3.81. The monoisotopic (exact) mass is 422 g/mol. The number of nitrogens with zero attached hydrogens (tertiary/aromatic N) is 1. The lowest BCUT2D eigenvalue weighted by molar-refractivity contribution is -0.124. The van der Waals surface area contributed by atoms with Crippen LogP contribution in [0.25, 0.3) is 0 Å². The molecule has 1 heterocycles. The van der Waals surface area contributed by atoms with Gasteiger partial charge in [-0.15, -0.1) is 0 Å². The van der Waals surface area contributed by atoms with E-state index in [4.69, 9.17) is 0 Å². The Morgan fingerprint density at radius 3 is 2.16 bits per heavy atom. The van der Waals surface area contributed by atoms with E-state index >= 15 is 0 Å². The Morgan fingerprint density at radius 1 is 0.935 bits per heavy atom. The SMILES string of the molecule is CCNC(=O)N1CCC([C@@H](NC(=O)c2ccccc2)C(=O)NCc2ccccc2)CC1. The van der Waals surface area contributed by atoms with Crippen molar-refractivity contribution in [2.45, 2.75) is 32.4 Å². The average molecular weight is 423 g/mol. The lowest BCUT2D eigenvalue weighted by Crippen LogP contribution is -2.54. The zero-order valence-electron chi connectivity index (χ0n) is 17.8. The van der Waals surface area contributed by atoms with E-state index in [0.717, 1.165) is 5.56 Å². The molecule has 1 saturated heterocycles. The second-order valence-corrected chi connectivity index (χ2v) is 7.68. The van der Waals surface area contributed by atoms with E-state index in [1.165, 1.54) is 0 Å². The largest absolute Gasteiger partial charge is 0.350 e. The van der Waals surface area contributed by atoms with Gasteiger partial charge in [-0.25, -0.2) is 4.79 Å². The smallest absolute Gasteiger partial charge is 0.317 e. The lowest BCUT2D eigenvalue weighted by Gasteiger charge is -2.35. The molecule has 7 heteroatoms. The van der Waals surface area contributed by atoms with E-state index in [1.54, 1.807) is 29.2 Å². The van der Waals surface area contributed by atoms with Crippen molar-refractivity contribution in [2.24, 2.45) is 5.92 Å². The van der Waals surface area contributed by atoms with Crippen molar-refractivity contribution in [3.8, 4) is 0 Å². The van der Waals surface area contributed by atoms with Crippen LogP contribution in [0, 0.1) is 5.92 Å². The molecule has 0 unspecified atom stereocenters. The third-order valence-corrected chi connectivity index (χ3v) is 5.54. The van der Waals surface area contributed by atoms with E-state index < -0.39 is 6.04 Å². The number of carbonyl (C=O) groups excluding carboxylic acids is 3. The summed E-state index contributed by atoms with van der Waals surface area (Å²) in [5, 5.41) is 8.71. The van der Waals surface area contributed by atoms with Crippen LogP contribution >= 0.6 is 0 Å². The summed E-state index contributed by atoms with van der Waals surface area (Å²) >= 11 is 0. The lowest BCUT2D eigenvalue weighted by atomic mass is 9.88. The van der Waals surface area contributed by atoms with Gasteiger partial charge in [-0.05, 0) is 43.4 Å². The standard InChI is InChI=1S/C24H30N4O3/c1-2-25-24(31)28-15-13-19(14-16-28)21(27-22(29)20-11-7-4-8-12-20)23(30)26-17-18-9-5-3-6-10-18/h3-12,19,21H,2,13-17H2,1H3,(H,25,31)(H,26,30)(H,27,29)/t21-/m1/s1. The maximum atomic E-state index is 13.1. The summed E-state index contributed by atoms with van der Waals surface area (Å²) in [5.41, 5.74) is 1.51. The zero-order valence-corrected chi connectivity index (χ0v) is 17.8. The molecule has 0 saturated carbocycles. The number of likely N-dealkylation sites (tertiary alicyclic amines) is 1. The van der Waals surface area contributed by atoms with Crippen LogP contribution in [0.15, 0.2) is 60.7 Å². The molecule has 0 spiro atoms. The first-order valence-electron chi connectivity index (χ1n) is 10.8. The van der Waals surface area contributed by atoms with E-state index in [2.05, 4.69) is 16.0 Å². The molecule has 1 fully saturated rings. The fourth-order valence-corrected chi connectivity index (χ4v) is 3.81. The molecule has 3 rings (SSSR count). The van der Waals surface area contributed by atoms with E-state index in [9.17, 15) is 14.4 Å². The minimum atomic E-state index is -0.659. The van der Waals surface area contributed by atoms with Crippen molar-refractivity contribution in [2.75, 3.05) is 19.6 Å². The molecule has 0 aromatic heterocycles. The minimum Gasteiger partial charge on any atom is -0.350 e. The normalized spacial score (nSPS) is 15.1. The van der Waals surface area contributed by atoms with Crippen LogP contribution in [0.4, 0.5) is 4.79 Å². The Morgan fingerprint density at radius 2 is 1.55 bits per heavy atom. The van der Waals surface area contributed by atoms with Crippen molar-refractivity contribution in [3.63, 3.8) is 0 Å². The molecular weight excluding hydrogens is 392 g/mol. The van der Waals surface area contributed by atoms with Gasteiger partial charge in [0.15, 0.2) is 0 Å². The van der Waals surface area contributed by atoms with Crippen LogP contribution in [-0.4, -0.2) is 48.4 Å². The second-order valence-electron chi connectivity index (χ2n) is 7.68. The Kier molecular flexibility index (Phi) is 8.04. The molecule has 164 valence electrons. The molecule has 0 radical (unpaired) electrons. The zero-order chi connectivity index (χ0) is 22.1. The van der Waals surface area contributed by atoms with Gasteiger partial charge >= 0.3 is 6.03 Å². The first kappa shape index (κ1) is 22.3. The van der Waals surface area contributed by atoms with Gasteiger partial charge in [-0.2, -0.15) is 0 Å². The highest BCUT2D eigenvalue weighted by Gasteiger charge is 2.33. The summed E-state index contributed by atoms with van der Waals surface area (Å²) in [5.74, 6) is -0.523. The van der Waals surface area contributed by atoms with Crippen molar-refractivity contribution in [1.29, 1.82) is 0 Å². The van der Waals surface area contributed by atoms with Gasteiger partial charge < -0.3 is 20.9 Å². The number of amides is 4. The third-order valence-electron chi connectivity index (χ3n) is 5.54. The van der Waals surface area contributed by atoms with Gasteiger partial charge in [0.1, 0.15) is 6.04 Å². The van der Waals surface area contributed by atoms with Crippen LogP contribution < -0.4 is 16.0 Å². The number of hydrogen-bond donors (Lipinski definition) is 3. The molecule has 1 atom stereocenters. The molecule has 7 nitrogen and oxygen atoms in total. The molecule has 2 aromatic carbocycles. The summed E-state index contributed by atoms with van der Waals surface area (Å²) in [4.78, 5) is 39.7. The van der Waals surface area contributed by atoms with Gasteiger partial charge in [0.2, 0.25) is 5.91 Å². The highest BCUT2D eigenvalue weighted by molar-refractivity contribution is 5.97. The Hall–Kier alpha value is -3.35. The maximum Gasteiger partial charge on any atom is 0.317 e. The molecule has 3 N–H and O–H groups in total. The Bertz CT molecular complexity index is 865. The predicted molar refractivity (Wildman–Crippen MR) is 119 cm³/mol.